The van der Waals surface area contributed by atoms with Gasteiger partial charge >= 0.3 is 5.97 Å². The summed E-state index contributed by atoms with van der Waals surface area (Å²) in [4.78, 5) is 23.4. The van der Waals surface area contributed by atoms with Crippen molar-refractivity contribution >= 4 is 43.3 Å². The maximum absolute atomic E-state index is 12.1. The molecule has 2 aromatic rings. The fraction of sp³-hybridized carbons (Fsp3) is 0.273. The molecule has 0 bridgehead atoms. The molecule has 0 aliphatic carbocycles. The number of halogens is 1. The largest absolute Gasteiger partial charge is 0.465 e. The number of esters is 1. The van der Waals surface area contributed by atoms with Crippen molar-refractivity contribution in [2.24, 2.45) is 0 Å². The highest BCUT2D eigenvalue weighted by Gasteiger charge is 2.11. The lowest BCUT2D eigenvalue weighted by Crippen LogP contribution is -2.24. The molecule has 2 rings (SSSR count). The lowest BCUT2D eigenvalue weighted by Gasteiger charge is -2.05. The molecule has 0 unspecified atom stereocenters. The van der Waals surface area contributed by atoms with Gasteiger partial charge in [-0.3, -0.25) is 9.59 Å². The Labute approximate surface area is 110 Å². The van der Waals surface area contributed by atoms with Crippen LogP contribution in [0.15, 0.2) is 26.9 Å². The lowest BCUT2D eigenvalue weighted by molar-refractivity contribution is -0.143. The second-order valence-corrected chi connectivity index (χ2v) is 5.14. The Kier molecular flexibility index (Phi) is 3.63. The maximum Gasteiger partial charge on any atom is 0.326 e. The zero-order chi connectivity index (χ0) is 12.4. The fourth-order valence-electron chi connectivity index (χ4n) is 1.52. The van der Waals surface area contributed by atoms with Gasteiger partial charge in [0.1, 0.15) is 6.54 Å². The van der Waals surface area contributed by atoms with Crippen LogP contribution in [-0.2, 0) is 16.1 Å². The number of hydrogen-bond acceptors (Lipinski definition) is 4. The van der Waals surface area contributed by atoms with Gasteiger partial charge in [0.15, 0.2) is 0 Å². The van der Waals surface area contributed by atoms with Gasteiger partial charge in [-0.25, -0.2) is 0 Å². The average molecular weight is 316 g/mol. The monoisotopic (exact) mass is 315 g/mol. The quantitative estimate of drug-likeness (QED) is 0.817. The van der Waals surface area contributed by atoms with Gasteiger partial charge in [0.05, 0.1) is 12.0 Å². The van der Waals surface area contributed by atoms with Gasteiger partial charge in [-0.2, -0.15) is 0 Å². The van der Waals surface area contributed by atoms with Gasteiger partial charge in [-0.1, -0.05) is 0 Å². The van der Waals surface area contributed by atoms with Crippen LogP contribution < -0.4 is 5.56 Å². The number of hydrogen-bond donors (Lipinski definition) is 0. The lowest BCUT2D eigenvalue weighted by atomic mass is 10.3. The molecule has 0 fully saturated rings. The van der Waals surface area contributed by atoms with E-state index in [-0.39, 0.29) is 12.1 Å². The van der Waals surface area contributed by atoms with Crippen molar-refractivity contribution in [2.45, 2.75) is 13.5 Å². The molecule has 0 radical (unpaired) electrons. The van der Waals surface area contributed by atoms with Crippen LogP contribution in [0.25, 0.3) is 10.1 Å². The zero-order valence-corrected chi connectivity index (χ0v) is 11.5. The minimum absolute atomic E-state index is 0.0507. The number of fused-ring (bicyclic) bond motifs is 1. The molecule has 0 saturated carbocycles. The van der Waals surface area contributed by atoms with Crippen LogP contribution >= 0.6 is 27.3 Å². The predicted octanol–water partition coefficient (Wildman–Crippen LogP) is 2.39. The SMILES string of the molecule is CCOC(=O)Cn1ccc2scc(Br)c2c1=O. The number of pyridine rings is 1. The van der Waals surface area contributed by atoms with E-state index in [2.05, 4.69) is 15.9 Å². The first-order valence-corrected chi connectivity index (χ1v) is 6.72. The summed E-state index contributed by atoms with van der Waals surface area (Å²) >= 11 is 4.82. The summed E-state index contributed by atoms with van der Waals surface area (Å²) in [6, 6.07) is 1.82. The van der Waals surface area contributed by atoms with Crippen molar-refractivity contribution < 1.29 is 9.53 Å². The Bertz CT molecular complexity index is 617. The summed E-state index contributed by atoms with van der Waals surface area (Å²) in [6.45, 7) is 2.00. The van der Waals surface area contributed by atoms with Crippen molar-refractivity contribution in [3.63, 3.8) is 0 Å². The molecule has 6 heteroatoms. The van der Waals surface area contributed by atoms with Gasteiger partial charge in [0, 0.05) is 20.7 Å². The first-order chi connectivity index (χ1) is 8.13. The Balaban J connectivity index is 2.42. The zero-order valence-electron chi connectivity index (χ0n) is 9.10. The molecule has 17 heavy (non-hydrogen) atoms. The van der Waals surface area contributed by atoms with Crippen molar-refractivity contribution in [2.75, 3.05) is 6.61 Å². The highest BCUT2D eigenvalue weighted by Crippen LogP contribution is 2.26. The van der Waals surface area contributed by atoms with Crippen molar-refractivity contribution in [3.05, 3.63) is 32.5 Å². The molecule has 2 aromatic heterocycles. The number of rotatable bonds is 3. The molecule has 0 aliphatic rings. The number of ether oxygens (including phenoxy) is 1. The van der Waals surface area contributed by atoms with Crippen molar-refractivity contribution in [1.29, 1.82) is 0 Å². The standard InChI is InChI=1S/C11H10BrNO3S/c1-2-16-9(14)5-13-4-3-8-10(11(13)15)7(12)6-17-8/h3-4,6H,2,5H2,1H3. The van der Waals surface area contributed by atoms with E-state index in [1.165, 1.54) is 15.9 Å². The molecule has 0 amide bonds. The Morgan fingerprint density at radius 1 is 1.59 bits per heavy atom. The molecule has 2 heterocycles. The van der Waals surface area contributed by atoms with Gasteiger partial charge in [0.25, 0.3) is 5.56 Å². The van der Waals surface area contributed by atoms with Gasteiger partial charge < -0.3 is 9.30 Å². The van der Waals surface area contributed by atoms with E-state index in [1.807, 2.05) is 11.4 Å². The average Bonchev–Trinajstić information content (AvgIpc) is 2.65. The second kappa shape index (κ2) is 5.01. The van der Waals surface area contributed by atoms with Crippen LogP contribution in [0.2, 0.25) is 0 Å². The van der Waals surface area contributed by atoms with Crippen LogP contribution in [0, 0.1) is 0 Å². The minimum Gasteiger partial charge on any atom is -0.465 e. The van der Waals surface area contributed by atoms with E-state index < -0.39 is 5.97 Å². The number of nitrogens with zero attached hydrogens (tertiary/aromatic N) is 1. The summed E-state index contributed by atoms with van der Waals surface area (Å²) < 4.78 is 7.84. The number of carbonyl (C=O) groups excluding carboxylic acids is 1. The first kappa shape index (κ1) is 12.3. The van der Waals surface area contributed by atoms with E-state index in [9.17, 15) is 9.59 Å². The Morgan fingerprint density at radius 3 is 3.06 bits per heavy atom. The second-order valence-electron chi connectivity index (χ2n) is 3.38. The summed E-state index contributed by atoms with van der Waals surface area (Å²) in [5.41, 5.74) is -0.177. The van der Waals surface area contributed by atoms with Gasteiger partial charge in [-0.05, 0) is 28.9 Å². The Morgan fingerprint density at radius 2 is 2.35 bits per heavy atom. The van der Waals surface area contributed by atoms with E-state index in [4.69, 9.17) is 4.74 Å². The van der Waals surface area contributed by atoms with Crippen molar-refractivity contribution in [1.82, 2.24) is 4.57 Å². The molecular weight excluding hydrogens is 306 g/mol. The van der Waals surface area contributed by atoms with E-state index in [0.29, 0.717) is 12.0 Å². The van der Waals surface area contributed by atoms with Crippen LogP contribution in [0.3, 0.4) is 0 Å². The number of thiophene rings is 1. The normalized spacial score (nSPS) is 10.7. The van der Waals surface area contributed by atoms with Gasteiger partial charge in [-0.15, -0.1) is 11.3 Å². The summed E-state index contributed by atoms with van der Waals surface area (Å²) in [5.74, 6) is -0.402. The van der Waals surface area contributed by atoms with E-state index in [0.717, 1.165) is 9.17 Å². The molecule has 0 N–H and O–H groups in total. The number of aromatic nitrogens is 1. The maximum atomic E-state index is 12.1. The molecular formula is C11H10BrNO3S. The topological polar surface area (TPSA) is 48.3 Å². The highest BCUT2D eigenvalue weighted by atomic mass is 79.9. The predicted molar refractivity (Wildman–Crippen MR) is 70.4 cm³/mol. The third-order valence-corrected chi connectivity index (χ3v) is 4.14. The smallest absolute Gasteiger partial charge is 0.326 e. The number of carbonyl (C=O) groups is 1. The van der Waals surface area contributed by atoms with E-state index in [1.54, 1.807) is 13.1 Å². The minimum atomic E-state index is -0.402. The molecule has 0 aromatic carbocycles. The molecule has 90 valence electrons. The van der Waals surface area contributed by atoms with Crippen LogP contribution in [0.1, 0.15) is 6.92 Å². The third kappa shape index (κ3) is 2.42. The van der Waals surface area contributed by atoms with Crippen LogP contribution in [-0.4, -0.2) is 17.1 Å². The van der Waals surface area contributed by atoms with E-state index >= 15 is 0 Å². The molecule has 0 atom stereocenters. The van der Waals surface area contributed by atoms with Crippen LogP contribution in [0.5, 0.6) is 0 Å². The summed E-state index contributed by atoms with van der Waals surface area (Å²) in [6.07, 6.45) is 1.62. The highest BCUT2D eigenvalue weighted by molar-refractivity contribution is 9.10. The molecule has 0 aliphatic heterocycles. The molecule has 4 nitrogen and oxygen atoms in total. The summed E-state index contributed by atoms with van der Waals surface area (Å²) in [5, 5.41) is 2.47. The fourth-order valence-corrected chi connectivity index (χ4v) is 3.12. The first-order valence-electron chi connectivity index (χ1n) is 5.05. The molecule has 0 spiro atoms. The van der Waals surface area contributed by atoms with Crippen LogP contribution in [0.4, 0.5) is 0 Å². The summed E-state index contributed by atoms with van der Waals surface area (Å²) in [7, 11) is 0. The third-order valence-electron chi connectivity index (χ3n) is 2.26. The Hall–Kier alpha value is -1.14. The van der Waals surface area contributed by atoms with Crippen molar-refractivity contribution in [3.8, 4) is 0 Å². The molecule has 0 saturated heterocycles. The van der Waals surface area contributed by atoms with Gasteiger partial charge in [0.2, 0.25) is 0 Å².